The molecule has 3 N–H and O–H groups in total. The van der Waals surface area contributed by atoms with Crippen LogP contribution in [0.5, 0.6) is 0 Å². The van der Waals surface area contributed by atoms with Crippen molar-refractivity contribution in [3.05, 3.63) is 29.3 Å². The first-order chi connectivity index (χ1) is 6.33. The van der Waals surface area contributed by atoms with Crippen molar-refractivity contribution in [1.82, 2.24) is 0 Å². The summed E-state index contributed by atoms with van der Waals surface area (Å²) < 4.78 is 0. The Kier molecular flexibility index (Phi) is 3.77. The molecule has 0 aliphatic heterocycles. The van der Waals surface area contributed by atoms with Gasteiger partial charge in [-0.05, 0) is 30.0 Å². The van der Waals surface area contributed by atoms with Crippen molar-refractivity contribution >= 4 is 5.69 Å². The largest absolute Gasteiger partial charge is 0.324 e. The summed E-state index contributed by atoms with van der Waals surface area (Å²) in [6, 6.07) is 6.25. The van der Waals surface area contributed by atoms with E-state index in [-0.39, 0.29) is 0 Å². The normalized spacial score (nSPS) is 10.1. The Morgan fingerprint density at radius 1 is 1.31 bits per heavy atom. The van der Waals surface area contributed by atoms with Gasteiger partial charge in [-0.25, -0.2) is 0 Å². The fraction of sp³-hybridized carbons (Fsp3) is 0.455. The van der Waals surface area contributed by atoms with Gasteiger partial charge in [0.1, 0.15) is 0 Å². The second kappa shape index (κ2) is 4.87. The molecular weight excluding hydrogens is 160 g/mol. The van der Waals surface area contributed by atoms with Gasteiger partial charge in [0.15, 0.2) is 0 Å². The van der Waals surface area contributed by atoms with Crippen molar-refractivity contribution in [2.75, 3.05) is 5.43 Å². The summed E-state index contributed by atoms with van der Waals surface area (Å²) in [7, 11) is 0. The standard InChI is InChI=1S/C11H18N2/c1-3-6-10-9(4-2)7-5-8-11(10)13-12/h5,7-8,13H,3-4,6,12H2,1-2H3. The van der Waals surface area contributed by atoms with Crippen LogP contribution in [-0.4, -0.2) is 0 Å². The molecule has 0 heterocycles. The summed E-state index contributed by atoms with van der Waals surface area (Å²) in [6.45, 7) is 4.36. The lowest BCUT2D eigenvalue weighted by Crippen LogP contribution is -2.10. The highest BCUT2D eigenvalue weighted by Gasteiger charge is 2.04. The SMILES string of the molecule is CCCc1c(CC)cccc1NN. The second-order valence-corrected chi connectivity index (χ2v) is 3.19. The zero-order valence-electron chi connectivity index (χ0n) is 8.43. The molecule has 2 nitrogen and oxygen atoms in total. The third-order valence-electron chi connectivity index (χ3n) is 2.31. The average Bonchev–Trinajstić information content (AvgIpc) is 2.18. The fourth-order valence-corrected chi connectivity index (χ4v) is 1.65. The van der Waals surface area contributed by atoms with Crippen molar-refractivity contribution in [3.8, 4) is 0 Å². The van der Waals surface area contributed by atoms with Crippen LogP contribution in [0.15, 0.2) is 18.2 Å². The molecule has 1 rings (SSSR count). The third-order valence-corrected chi connectivity index (χ3v) is 2.31. The minimum Gasteiger partial charge on any atom is -0.324 e. The van der Waals surface area contributed by atoms with Gasteiger partial charge in [0.05, 0.1) is 5.69 Å². The van der Waals surface area contributed by atoms with Gasteiger partial charge in [-0.1, -0.05) is 32.4 Å². The van der Waals surface area contributed by atoms with Crippen LogP contribution < -0.4 is 11.3 Å². The molecule has 1 aromatic rings. The number of hydrogen-bond donors (Lipinski definition) is 2. The summed E-state index contributed by atoms with van der Waals surface area (Å²) in [5.74, 6) is 5.45. The fourth-order valence-electron chi connectivity index (χ4n) is 1.65. The van der Waals surface area contributed by atoms with Crippen LogP contribution in [0, 0.1) is 0 Å². The highest BCUT2D eigenvalue weighted by atomic mass is 15.2. The van der Waals surface area contributed by atoms with Crippen molar-refractivity contribution in [3.63, 3.8) is 0 Å². The number of aryl methyl sites for hydroxylation is 1. The van der Waals surface area contributed by atoms with Crippen molar-refractivity contribution in [1.29, 1.82) is 0 Å². The van der Waals surface area contributed by atoms with Gasteiger partial charge in [-0.15, -0.1) is 0 Å². The first kappa shape index (κ1) is 10.1. The first-order valence-electron chi connectivity index (χ1n) is 4.90. The summed E-state index contributed by atoms with van der Waals surface area (Å²) in [5.41, 5.74) is 6.60. The number of benzene rings is 1. The lowest BCUT2D eigenvalue weighted by atomic mass is 9.99. The van der Waals surface area contributed by atoms with E-state index in [0.29, 0.717) is 0 Å². The summed E-state index contributed by atoms with van der Waals surface area (Å²) in [4.78, 5) is 0. The topological polar surface area (TPSA) is 38.0 Å². The van der Waals surface area contributed by atoms with Crippen LogP contribution in [0.4, 0.5) is 5.69 Å². The minimum atomic E-state index is 1.07. The minimum absolute atomic E-state index is 1.07. The predicted molar refractivity (Wildman–Crippen MR) is 57.6 cm³/mol. The molecule has 0 fully saturated rings. The monoisotopic (exact) mass is 178 g/mol. The number of hydrogen-bond acceptors (Lipinski definition) is 2. The molecule has 0 spiro atoms. The predicted octanol–water partition coefficient (Wildman–Crippen LogP) is 2.49. The van der Waals surface area contributed by atoms with E-state index in [1.54, 1.807) is 0 Å². The molecule has 0 bridgehead atoms. The second-order valence-electron chi connectivity index (χ2n) is 3.19. The van der Waals surface area contributed by atoms with Crippen LogP contribution in [-0.2, 0) is 12.8 Å². The molecule has 0 radical (unpaired) electrons. The van der Waals surface area contributed by atoms with E-state index >= 15 is 0 Å². The van der Waals surface area contributed by atoms with Crippen molar-refractivity contribution in [2.45, 2.75) is 33.1 Å². The van der Waals surface area contributed by atoms with Gasteiger partial charge < -0.3 is 5.43 Å². The number of nitrogens with two attached hydrogens (primary N) is 1. The molecule has 0 aliphatic carbocycles. The number of nitrogens with one attached hydrogen (secondary N) is 1. The molecule has 0 aliphatic rings. The summed E-state index contributed by atoms with van der Waals surface area (Å²) in [5, 5.41) is 0. The molecule has 2 heteroatoms. The molecule has 0 unspecified atom stereocenters. The van der Waals surface area contributed by atoms with Gasteiger partial charge >= 0.3 is 0 Å². The molecule has 0 saturated carbocycles. The molecule has 0 saturated heterocycles. The van der Waals surface area contributed by atoms with Crippen LogP contribution in [0.25, 0.3) is 0 Å². The lowest BCUT2D eigenvalue weighted by Gasteiger charge is -2.12. The molecule has 0 amide bonds. The van der Waals surface area contributed by atoms with Gasteiger partial charge in [-0.3, -0.25) is 5.84 Å². The summed E-state index contributed by atoms with van der Waals surface area (Å²) in [6.07, 6.45) is 3.33. The van der Waals surface area contributed by atoms with E-state index in [1.807, 2.05) is 12.1 Å². The van der Waals surface area contributed by atoms with Gasteiger partial charge in [0, 0.05) is 0 Å². The number of anilines is 1. The number of rotatable bonds is 4. The Morgan fingerprint density at radius 2 is 2.08 bits per heavy atom. The van der Waals surface area contributed by atoms with E-state index in [4.69, 9.17) is 5.84 Å². The van der Waals surface area contributed by atoms with E-state index in [1.165, 1.54) is 11.1 Å². The molecular formula is C11H18N2. The van der Waals surface area contributed by atoms with E-state index in [0.717, 1.165) is 24.9 Å². The first-order valence-corrected chi connectivity index (χ1v) is 4.90. The maximum atomic E-state index is 5.45. The van der Waals surface area contributed by atoms with E-state index in [2.05, 4.69) is 25.3 Å². The maximum Gasteiger partial charge on any atom is 0.0519 e. The Labute approximate surface area is 80.1 Å². The number of hydrazine groups is 1. The molecule has 0 atom stereocenters. The third kappa shape index (κ3) is 2.22. The highest BCUT2D eigenvalue weighted by Crippen LogP contribution is 2.21. The Balaban J connectivity index is 3.05. The molecule has 1 aromatic carbocycles. The maximum absolute atomic E-state index is 5.45. The van der Waals surface area contributed by atoms with E-state index in [9.17, 15) is 0 Å². The number of nitrogen functional groups attached to an aromatic ring is 1. The van der Waals surface area contributed by atoms with Crippen LogP contribution in [0.2, 0.25) is 0 Å². The van der Waals surface area contributed by atoms with E-state index < -0.39 is 0 Å². The van der Waals surface area contributed by atoms with Crippen LogP contribution >= 0.6 is 0 Å². The Morgan fingerprint density at radius 3 is 2.62 bits per heavy atom. The van der Waals surface area contributed by atoms with Crippen molar-refractivity contribution in [2.24, 2.45) is 5.84 Å². The molecule has 72 valence electrons. The van der Waals surface area contributed by atoms with Crippen molar-refractivity contribution < 1.29 is 0 Å². The van der Waals surface area contributed by atoms with Gasteiger partial charge in [0.25, 0.3) is 0 Å². The van der Waals surface area contributed by atoms with Crippen LogP contribution in [0.3, 0.4) is 0 Å². The van der Waals surface area contributed by atoms with Gasteiger partial charge in [-0.2, -0.15) is 0 Å². The molecule has 13 heavy (non-hydrogen) atoms. The zero-order valence-corrected chi connectivity index (χ0v) is 8.43. The Bertz CT molecular complexity index is 247. The Hall–Kier alpha value is -1.02. The lowest BCUT2D eigenvalue weighted by molar-refractivity contribution is 0.899. The zero-order chi connectivity index (χ0) is 9.68. The summed E-state index contributed by atoms with van der Waals surface area (Å²) >= 11 is 0. The van der Waals surface area contributed by atoms with Gasteiger partial charge in [0.2, 0.25) is 0 Å². The quantitative estimate of drug-likeness (QED) is 0.549. The average molecular weight is 178 g/mol. The molecule has 0 aromatic heterocycles. The highest BCUT2D eigenvalue weighted by molar-refractivity contribution is 5.54. The van der Waals surface area contributed by atoms with Crippen LogP contribution in [0.1, 0.15) is 31.4 Å². The smallest absolute Gasteiger partial charge is 0.0519 e.